The second-order valence-electron chi connectivity index (χ2n) is 22.8. The van der Waals surface area contributed by atoms with Crippen LogP contribution >= 0.6 is 0 Å². The summed E-state index contributed by atoms with van der Waals surface area (Å²) in [5.74, 6) is -0.0224. The number of hydrogen-bond donors (Lipinski definition) is 3. The molecule has 3 N–H and O–H groups in total. The van der Waals surface area contributed by atoms with Crippen LogP contribution in [-0.2, 0) is 14.3 Å². The number of rotatable bonds is 62. The van der Waals surface area contributed by atoms with E-state index in [1.54, 1.807) is 0 Å². The number of amides is 1. The Morgan fingerprint density at radius 1 is 0.384 bits per heavy atom. The van der Waals surface area contributed by atoms with Gasteiger partial charge in [-0.3, -0.25) is 9.59 Å². The van der Waals surface area contributed by atoms with E-state index in [-0.39, 0.29) is 18.5 Å². The zero-order valence-corrected chi connectivity index (χ0v) is 49.4. The third kappa shape index (κ3) is 59.4. The van der Waals surface area contributed by atoms with Crippen LogP contribution in [0.2, 0.25) is 0 Å². The van der Waals surface area contributed by atoms with E-state index < -0.39 is 12.1 Å². The quantitative estimate of drug-likeness (QED) is 0.0320. The number of carbonyl (C=O) groups excluding carboxylic acids is 2. The second kappa shape index (κ2) is 62.9. The first-order valence-electron chi connectivity index (χ1n) is 33.1. The molecule has 0 spiro atoms. The Bertz CT molecular complexity index is 1140. The molecule has 0 saturated carbocycles. The van der Waals surface area contributed by atoms with E-state index in [1.807, 2.05) is 0 Å². The Labute approximate surface area is 456 Å². The van der Waals surface area contributed by atoms with Crippen molar-refractivity contribution in [3.63, 3.8) is 0 Å². The minimum atomic E-state index is -0.665. The molecule has 0 aliphatic heterocycles. The van der Waals surface area contributed by atoms with Crippen molar-refractivity contribution in [1.82, 2.24) is 5.32 Å². The van der Waals surface area contributed by atoms with Crippen LogP contribution in [0, 0.1) is 0 Å². The molecule has 0 aromatic heterocycles. The highest BCUT2D eigenvalue weighted by atomic mass is 16.5. The van der Waals surface area contributed by atoms with Crippen molar-refractivity contribution in [2.45, 2.75) is 379 Å². The summed E-state index contributed by atoms with van der Waals surface area (Å²) in [6.07, 6.45) is 77.9. The number of unbranched alkanes of at least 4 members (excludes halogenated alkanes) is 47. The number of nitrogens with one attached hydrogen (secondary N) is 1. The Morgan fingerprint density at radius 3 is 1.04 bits per heavy atom. The topological polar surface area (TPSA) is 95.9 Å². The highest BCUT2D eigenvalue weighted by Gasteiger charge is 2.20. The van der Waals surface area contributed by atoms with Gasteiger partial charge in [0.2, 0.25) is 5.91 Å². The smallest absolute Gasteiger partial charge is 0.305 e. The van der Waals surface area contributed by atoms with Gasteiger partial charge in [-0.1, -0.05) is 321 Å². The normalized spacial score (nSPS) is 12.7. The van der Waals surface area contributed by atoms with E-state index in [0.29, 0.717) is 25.9 Å². The maximum absolute atomic E-state index is 12.4. The number of esters is 1. The van der Waals surface area contributed by atoms with E-state index in [9.17, 15) is 19.8 Å². The van der Waals surface area contributed by atoms with Crippen molar-refractivity contribution in [3.05, 3.63) is 24.3 Å². The second-order valence-corrected chi connectivity index (χ2v) is 22.8. The first kappa shape index (κ1) is 71.3. The van der Waals surface area contributed by atoms with Crippen LogP contribution in [0.5, 0.6) is 0 Å². The van der Waals surface area contributed by atoms with Gasteiger partial charge in [-0.25, -0.2) is 0 Å². The van der Waals surface area contributed by atoms with Gasteiger partial charge < -0.3 is 20.3 Å². The van der Waals surface area contributed by atoms with Crippen LogP contribution in [0.4, 0.5) is 0 Å². The van der Waals surface area contributed by atoms with Crippen molar-refractivity contribution in [3.8, 4) is 0 Å². The third-order valence-electron chi connectivity index (χ3n) is 15.5. The number of allylic oxidation sites excluding steroid dienone is 4. The number of hydrogen-bond acceptors (Lipinski definition) is 5. The van der Waals surface area contributed by atoms with E-state index >= 15 is 0 Å². The van der Waals surface area contributed by atoms with Gasteiger partial charge in [0.1, 0.15) is 0 Å². The van der Waals surface area contributed by atoms with Gasteiger partial charge in [0.25, 0.3) is 0 Å². The maximum Gasteiger partial charge on any atom is 0.305 e. The van der Waals surface area contributed by atoms with Crippen molar-refractivity contribution in [2.24, 2.45) is 0 Å². The molecule has 0 aromatic carbocycles. The molecule has 0 bridgehead atoms. The largest absolute Gasteiger partial charge is 0.466 e. The molecule has 0 aromatic rings. The predicted molar refractivity (Wildman–Crippen MR) is 320 cm³/mol. The lowest BCUT2D eigenvalue weighted by Gasteiger charge is -2.22. The lowest BCUT2D eigenvalue weighted by Crippen LogP contribution is -2.45. The van der Waals surface area contributed by atoms with Crippen LogP contribution in [0.3, 0.4) is 0 Å². The standard InChI is InChI=1S/C67H129NO5/c1-3-5-7-9-11-13-15-16-17-18-31-34-37-41-45-49-53-57-61-67(72)73-62-58-54-50-46-42-38-35-32-29-27-25-23-21-19-20-22-24-26-28-30-33-36-40-44-48-52-56-60-66(71)68-64(63-69)65(70)59-55-51-47-43-39-14-12-10-8-6-4-2/h19-20,23,25,64-65,69-70H,3-18,21-22,24,26-63H2,1-2H3,(H,68,71)/b20-19-,25-23-. The molecule has 0 aliphatic carbocycles. The number of aliphatic hydroxyl groups excluding tert-OH is 2. The zero-order chi connectivity index (χ0) is 52.9. The van der Waals surface area contributed by atoms with Gasteiger partial charge in [0.05, 0.1) is 25.4 Å². The summed E-state index contributed by atoms with van der Waals surface area (Å²) in [6.45, 7) is 4.97. The minimum absolute atomic E-state index is 0.0155. The van der Waals surface area contributed by atoms with Crippen LogP contribution in [0.1, 0.15) is 367 Å². The number of aliphatic hydroxyl groups is 2. The van der Waals surface area contributed by atoms with Crippen LogP contribution in [0.25, 0.3) is 0 Å². The van der Waals surface area contributed by atoms with Crippen LogP contribution in [0.15, 0.2) is 24.3 Å². The van der Waals surface area contributed by atoms with Gasteiger partial charge in [-0.15, -0.1) is 0 Å². The summed E-state index contributed by atoms with van der Waals surface area (Å²) in [6, 6.07) is -0.542. The van der Waals surface area contributed by atoms with Crippen molar-refractivity contribution in [1.29, 1.82) is 0 Å². The molecule has 2 unspecified atom stereocenters. The molecule has 0 saturated heterocycles. The van der Waals surface area contributed by atoms with Gasteiger partial charge in [0.15, 0.2) is 0 Å². The monoisotopic (exact) mass is 1030 g/mol. The summed E-state index contributed by atoms with van der Waals surface area (Å²) in [5, 5.41) is 23.2. The molecule has 0 fully saturated rings. The molecule has 0 rings (SSSR count). The molecule has 6 nitrogen and oxygen atoms in total. The first-order chi connectivity index (χ1) is 36.0. The fourth-order valence-corrected chi connectivity index (χ4v) is 10.4. The molecular weight excluding hydrogens is 899 g/mol. The van der Waals surface area contributed by atoms with E-state index in [2.05, 4.69) is 43.5 Å². The molecule has 432 valence electrons. The van der Waals surface area contributed by atoms with Crippen LogP contribution in [-0.4, -0.2) is 47.4 Å². The van der Waals surface area contributed by atoms with Gasteiger partial charge in [-0.2, -0.15) is 0 Å². The molecule has 0 aliphatic rings. The lowest BCUT2D eigenvalue weighted by molar-refractivity contribution is -0.143. The van der Waals surface area contributed by atoms with Crippen molar-refractivity contribution >= 4 is 11.9 Å². The van der Waals surface area contributed by atoms with Gasteiger partial charge >= 0.3 is 5.97 Å². The Hall–Kier alpha value is -1.66. The average molecular weight is 1030 g/mol. The minimum Gasteiger partial charge on any atom is -0.466 e. The molecule has 6 heteroatoms. The van der Waals surface area contributed by atoms with Gasteiger partial charge in [-0.05, 0) is 57.8 Å². The van der Waals surface area contributed by atoms with Crippen molar-refractivity contribution in [2.75, 3.05) is 13.2 Å². The number of carbonyl (C=O) groups is 2. The van der Waals surface area contributed by atoms with E-state index in [1.165, 1.54) is 289 Å². The molecule has 0 heterocycles. The number of ether oxygens (including phenoxy) is 1. The fourth-order valence-electron chi connectivity index (χ4n) is 10.4. The zero-order valence-electron chi connectivity index (χ0n) is 49.4. The molecule has 2 atom stereocenters. The first-order valence-corrected chi connectivity index (χ1v) is 33.1. The summed E-state index contributed by atoms with van der Waals surface area (Å²) in [4.78, 5) is 24.5. The molecule has 73 heavy (non-hydrogen) atoms. The third-order valence-corrected chi connectivity index (χ3v) is 15.5. The molecular formula is C67H129NO5. The molecule has 1 amide bonds. The summed E-state index contributed by atoms with van der Waals surface area (Å²) in [7, 11) is 0. The van der Waals surface area contributed by atoms with Crippen molar-refractivity contribution < 1.29 is 24.5 Å². The van der Waals surface area contributed by atoms with Gasteiger partial charge in [0, 0.05) is 12.8 Å². The average Bonchev–Trinajstić information content (AvgIpc) is 3.39. The predicted octanol–water partition coefficient (Wildman–Crippen LogP) is 21.0. The summed E-state index contributed by atoms with van der Waals surface area (Å²) in [5.41, 5.74) is 0. The molecule has 0 radical (unpaired) electrons. The Kier molecular flexibility index (Phi) is 61.4. The highest BCUT2D eigenvalue weighted by molar-refractivity contribution is 5.76. The summed E-state index contributed by atoms with van der Waals surface area (Å²) < 4.78 is 5.50. The van der Waals surface area contributed by atoms with E-state index in [0.717, 1.165) is 44.9 Å². The Morgan fingerprint density at radius 2 is 0.685 bits per heavy atom. The van der Waals surface area contributed by atoms with E-state index in [4.69, 9.17) is 4.74 Å². The SMILES string of the molecule is CCCCCCCCCCCCCCCCCCCCC(=O)OCCCCCCCCCCC/C=C\C/C=C\CCCCCCCCCCCCCC(=O)NC(CO)C(O)CCCCCCCCCCCCC. The maximum atomic E-state index is 12.4. The fraction of sp³-hybridized carbons (Fsp3) is 0.910. The Balaban J connectivity index is 3.38. The lowest BCUT2D eigenvalue weighted by atomic mass is 10.0. The summed E-state index contributed by atoms with van der Waals surface area (Å²) >= 11 is 0. The highest BCUT2D eigenvalue weighted by Crippen LogP contribution is 2.18. The van der Waals surface area contributed by atoms with Crippen LogP contribution < -0.4 is 5.32 Å².